The molecule has 0 radical (unpaired) electrons. The molecule has 1 aromatic carbocycles. The number of amides is 1. The van der Waals surface area contributed by atoms with Gasteiger partial charge < -0.3 is 23.8 Å². The molecule has 29 heavy (non-hydrogen) atoms. The lowest BCUT2D eigenvalue weighted by Gasteiger charge is -2.41. The molecular weight excluding hydrogens is 390 g/mol. The first-order chi connectivity index (χ1) is 13.7. The Morgan fingerprint density at radius 1 is 1.03 bits per heavy atom. The molecule has 2 fully saturated rings. The first-order valence-corrected chi connectivity index (χ1v) is 11.5. The van der Waals surface area contributed by atoms with Crippen molar-refractivity contribution in [3.63, 3.8) is 0 Å². The molecule has 0 aromatic heterocycles. The lowest BCUT2D eigenvalue weighted by Crippen LogP contribution is -2.44. The van der Waals surface area contributed by atoms with Gasteiger partial charge in [0.25, 0.3) is 0 Å². The molecule has 3 rings (SSSR count). The van der Waals surface area contributed by atoms with E-state index in [1.54, 1.807) is 12.1 Å². The number of nitrogens with one attached hydrogen (secondary N) is 1. The Morgan fingerprint density at radius 3 is 2.03 bits per heavy atom. The summed E-state index contributed by atoms with van der Waals surface area (Å²) in [5.41, 5.74) is 1.26. The van der Waals surface area contributed by atoms with Gasteiger partial charge in [-0.1, -0.05) is 0 Å². The molecule has 1 atom stereocenters. The summed E-state index contributed by atoms with van der Waals surface area (Å²) in [5.74, 6) is 1.38. The highest BCUT2D eigenvalue weighted by molar-refractivity contribution is 7.80. The third kappa shape index (κ3) is 6.34. The van der Waals surface area contributed by atoms with Crippen LogP contribution in [-0.2, 0) is 16.0 Å². The van der Waals surface area contributed by atoms with Gasteiger partial charge in [0, 0.05) is 48.8 Å². The van der Waals surface area contributed by atoms with Crippen LogP contribution in [0.25, 0.3) is 0 Å². The molecule has 1 aromatic rings. The highest BCUT2D eigenvalue weighted by Gasteiger charge is 2.32. The number of hydrogen-bond acceptors (Lipinski definition) is 5. The summed E-state index contributed by atoms with van der Waals surface area (Å²) in [5, 5.41) is 0. The van der Waals surface area contributed by atoms with Crippen molar-refractivity contribution in [3.05, 3.63) is 24.3 Å². The molecule has 2 aliphatic heterocycles. The zero-order valence-corrected chi connectivity index (χ0v) is 18.4. The average molecular weight is 423 g/mol. The number of anilines is 2. The maximum Gasteiger partial charge on any atom is 0.410 e. The van der Waals surface area contributed by atoms with E-state index >= 15 is 0 Å². The smallest absolute Gasteiger partial charge is 0.410 e. The molecule has 162 valence electrons. The van der Waals surface area contributed by atoms with E-state index < -0.39 is 16.9 Å². The van der Waals surface area contributed by atoms with Gasteiger partial charge in [-0.2, -0.15) is 0 Å². The highest BCUT2D eigenvalue weighted by Crippen LogP contribution is 2.34. The number of ether oxygens (including phenoxy) is 1. The van der Waals surface area contributed by atoms with E-state index in [-0.39, 0.29) is 6.09 Å². The number of nitrogens with zero attached hydrogens (tertiary/aromatic N) is 2. The van der Waals surface area contributed by atoms with Gasteiger partial charge in [-0.25, -0.2) is 4.79 Å². The fourth-order valence-corrected chi connectivity index (χ4v) is 4.67. The minimum Gasteiger partial charge on any atom is -0.755 e. The van der Waals surface area contributed by atoms with Crippen LogP contribution in [0.4, 0.5) is 16.2 Å². The van der Waals surface area contributed by atoms with Crippen molar-refractivity contribution in [1.29, 1.82) is 0 Å². The van der Waals surface area contributed by atoms with Crippen LogP contribution < -0.4 is 9.62 Å². The quantitative estimate of drug-likeness (QED) is 0.747. The summed E-state index contributed by atoms with van der Waals surface area (Å²) in [4.78, 5) is 16.5. The molecule has 2 aliphatic rings. The number of hydrogen-bond donors (Lipinski definition) is 1. The van der Waals surface area contributed by atoms with Crippen molar-refractivity contribution >= 4 is 28.7 Å². The first-order valence-electron chi connectivity index (χ1n) is 10.4. The van der Waals surface area contributed by atoms with Gasteiger partial charge in [-0.05, 0) is 82.6 Å². The van der Waals surface area contributed by atoms with Crippen LogP contribution in [0, 0.1) is 11.8 Å². The van der Waals surface area contributed by atoms with Gasteiger partial charge in [0.05, 0.1) is 0 Å². The van der Waals surface area contributed by atoms with Crippen LogP contribution in [0.2, 0.25) is 0 Å². The van der Waals surface area contributed by atoms with E-state index in [0.717, 1.165) is 57.5 Å². The normalized spacial score (nSPS) is 20.4. The van der Waals surface area contributed by atoms with Gasteiger partial charge in [0.2, 0.25) is 0 Å². The second-order valence-electron chi connectivity index (χ2n) is 9.01. The number of rotatable bonds is 4. The first kappa shape index (κ1) is 21.9. The number of piperidine rings is 2. The Morgan fingerprint density at radius 2 is 1.55 bits per heavy atom. The standard InChI is InChI=1S/C21H33N3O4S/c1-21(2,3)28-20(25)24-14-10-17(11-15-24)16-8-12-23(13-9-16)19-6-4-18(5-7-19)22-29(26)27/h4-7,16-17,22H,8-15H2,1-3H3,(H,26,27)/p-1. The van der Waals surface area contributed by atoms with Crippen molar-refractivity contribution in [1.82, 2.24) is 4.90 Å². The lowest BCUT2D eigenvalue weighted by atomic mass is 9.79. The number of likely N-dealkylation sites (tertiary alicyclic amines) is 1. The summed E-state index contributed by atoms with van der Waals surface area (Å²) in [6, 6.07) is 7.52. The van der Waals surface area contributed by atoms with E-state index in [4.69, 9.17) is 4.74 Å². The van der Waals surface area contributed by atoms with E-state index in [9.17, 15) is 13.6 Å². The highest BCUT2D eigenvalue weighted by atomic mass is 32.2. The number of benzene rings is 1. The van der Waals surface area contributed by atoms with E-state index in [1.165, 1.54) is 0 Å². The maximum atomic E-state index is 12.2. The second kappa shape index (κ2) is 9.34. The number of carbonyl (C=O) groups excluding carboxylic acids is 1. The van der Waals surface area contributed by atoms with Gasteiger partial charge >= 0.3 is 6.09 Å². The monoisotopic (exact) mass is 422 g/mol. The molecule has 2 heterocycles. The summed E-state index contributed by atoms with van der Waals surface area (Å²) in [6.07, 6.45) is 4.22. The minimum atomic E-state index is -2.29. The van der Waals surface area contributed by atoms with Gasteiger partial charge in [0.15, 0.2) is 0 Å². The van der Waals surface area contributed by atoms with Gasteiger partial charge in [0.1, 0.15) is 5.60 Å². The molecular formula is C21H32N3O4S-. The summed E-state index contributed by atoms with van der Waals surface area (Å²) >= 11 is -2.29. The Kier molecular flexibility index (Phi) is 7.05. The Balaban J connectivity index is 1.44. The Bertz CT molecular complexity index is 704. The number of carbonyl (C=O) groups is 1. The van der Waals surface area contributed by atoms with Crippen LogP contribution >= 0.6 is 0 Å². The fourth-order valence-electron chi connectivity index (χ4n) is 4.35. The summed E-state index contributed by atoms with van der Waals surface area (Å²) in [6.45, 7) is 9.31. The lowest BCUT2D eigenvalue weighted by molar-refractivity contribution is 0.0152. The summed E-state index contributed by atoms with van der Waals surface area (Å²) < 4.78 is 29.3. The van der Waals surface area contributed by atoms with Crippen molar-refractivity contribution in [2.45, 2.75) is 52.1 Å². The molecule has 0 aliphatic carbocycles. The third-order valence-electron chi connectivity index (χ3n) is 5.83. The maximum absolute atomic E-state index is 12.2. The molecule has 7 nitrogen and oxygen atoms in total. The fraction of sp³-hybridized carbons (Fsp3) is 0.667. The van der Waals surface area contributed by atoms with Crippen LogP contribution in [-0.4, -0.2) is 51.5 Å². The average Bonchev–Trinajstić information content (AvgIpc) is 2.67. The molecule has 1 N–H and O–H groups in total. The van der Waals surface area contributed by atoms with E-state index in [2.05, 4.69) is 9.62 Å². The Hall–Kier alpha value is -1.80. The summed E-state index contributed by atoms with van der Waals surface area (Å²) in [7, 11) is 0. The van der Waals surface area contributed by atoms with Gasteiger partial charge in [-0.15, -0.1) is 0 Å². The minimum absolute atomic E-state index is 0.190. The molecule has 2 saturated heterocycles. The SMILES string of the molecule is CC(C)(C)OC(=O)N1CCC(C2CCN(c3ccc(NS(=O)[O-])cc3)CC2)CC1. The zero-order valence-electron chi connectivity index (χ0n) is 17.6. The third-order valence-corrected chi connectivity index (χ3v) is 6.23. The van der Waals surface area contributed by atoms with Crippen LogP contribution in [0.1, 0.15) is 46.5 Å². The zero-order chi connectivity index (χ0) is 21.0. The predicted molar refractivity (Wildman–Crippen MR) is 114 cm³/mol. The molecule has 1 amide bonds. The topological polar surface area (TPSA) is 84.9 Å². The van der Waals surface area contributed by atoms with Crippen LogP contribution in [0.15, 0.2) is 24.3 Å². The van der Waals surface area contributed by atoms with E-state index in [0.29, 0.717) is 17.5 Å². The van der Waals surface area contributed by atoms with Gasteiger partial charge in [-0.3, -0.25) is 4.21 Å². The Labute approximate surface area is 176 Å². The van der Waals surface area contributed by atoms with Crippen LogP contribution in [0.5, 0.6) is 0 Å². The molecule has 8 heteroatoms. The van der Waals surface area contributed by atoms with Crippen molar-refractivity contribution in [2.75, 3.05) is 35.8 Å². The van der Waals surface area contributed by atoms with Crippen molar-refractivity contribution in [3.8, 4) is 0 Å². The molecule has 0 saturated carbocycles. The second-order valence-corrected chi connectivity index (χ2v) is 9.69. The predicted octanol–water partition coefficient (Wildman–Crippen LogP) is 3.76. The molecule has 0 bridgehead atoms. The van der Waals surface area contributed by atoms with Crippen LogP contribution in [0.3, 0.4) is 0 Å². The van der Waals surface area contributed by atoms with E-state index in [1.807, 2.05) is 37.8 Å². The molecule has 0 spiro atoms. The van der Waals surface area contributed by atoms with Crippen molar-refractivity contribution in [2.24, 2.45) is 11.8 Å². The molecule has 1 unspecified atom stereocenters. The largest absolute Gasteiger partial charge is 0.755 e. The van der Waals surface area contributed by atoms with Crippen molar-refractivity contribution < 1.29 is 18.3 Å².